The molecule has 0 atom stereocenters. The molecule has 0 unspecified atom stereocenters. The van der Waals surface area contributed by atoms with Gasteiger partial charge in [0, 0.05) is 12.6 Å². The van der Waals surface area contributed by atoms with E-state index in [1.54, 1.807) is 18.3 Å². The third kappa shape index (κ3) is 2.98. The van der Waals surface area contributed by atoms with Crippen LogP contribution in [0, 0.1) is 0 Å². The number of imidazole rings is 1. The van der Waals surface area contributed by atoms with E-state index < -0.39 is 11.1 Å². The number of hydrogen-bond acceptors (Lipinski definition) is 5. The number of benzene rings is 1. The van der Waals surface area contributed by atoms with Crippen molar-refractivity contribution in [2.75, 3.05) is 6.26 Å². The normalized spacial score (nSPS) is 10.9. The molecule has 124 valence electrons. The van der Waals surface area contributed by atoms with Crippen molar-refractivity contribution >= 4 is 28.7 Å². The Hall–Kier alpha value is -2.81. The molecule has 2 heterocycles. The lowest BCUT2D eigenvalue weighted by Crippen LogP contribution is -2.29. The Bertz CT molecular complexity index is 1030. The average molecular weight is 345 g/mol. The van der Waals surface area contributed by atoms with Gasteiger partial charge in [-0.25, -0.2) is 4.98 Å². The number of nitrogens with zero attached hydrogens (tertiary/aromatic N) is 2. The first kappa shape index (κ1) is 16.1. The van der Waals surface area contributed by atoms with Crippen LogP contribution in [0.25, 0.3) is 11.0 Å². The van der Waals surface area contributed by atoms with Gasteiger partial charge in [0.2, 0.25) is 0 Å². The highest BCUT2D eigenvalue weighted by Crippen LogP contribution is 2.14. The lowest BCUT2D eigenvalue weighted by molar-refractivity contribution is 0.0950. The topological polar surface area (TPSA) is 113 Å². The standard InChI is InChI=1S/C15H15N5O3S/c1-20-9(7-17-15(20)24-2)6-16-12(21)8-3-4-10-11(5-8)19-14(23)13(22)18-10/h3-5,7H,6H2,1-2H3,(H,16,21)(H,18,22)(H,19,23). The molecule has 3 N–H and O–H groups in total. The Morgan fingerprint density at radius 2 is 1.96 bits per heavy atom. The van der Waals surface area contributed by atoms with Crippen LogP contribution >= 0.6 is 11.8 Å². The highest BCUT2D eigenvalue weighted by atomic mass is 32.2. The van der Waals surface area contributed by atoms with E-state index in [-0.39, 0.29) is 5.91 Å². The van der Waals surface area contributed by atoms with Crippen molar-refractivity contribution in [3.8, 4) is 0 Å². The van der Waals surface area contributed by atoms with Crippen molar-refractivity contribution in [3.05, 3.63) is 56.4 Å². The molecule has 0 aliphatic carbocycles. The van der Waals surface area contributed by atoms with Gasteiger partial charge in [0.15, 0.2) is 5.16 Å². The van der Waals surface area contributed by atoms with E-state index in [2.05, 4.69) is 20.3 Å². The van der Waals surface area contributed by atoms with E-state index in [0.29, 0.717) is 23.1 Å². The molecule has 24 heavy (non-hydrogen) atoms. The van der Waals surface area contributed by atoms with Crippen molar-refractivity contribution in [1.29, 1.82) is 0 Å². The second-order valence-electron chi connectivity index (χ2n) is 5.15. The number of carbonyl (C=O) groups is 1. The predicted octanol–water partition coefficient (Wildman–Crippen LogP) is 0.602. The fourth-order valence-corrected chi connectivity index (χ4v) is 2.86. The second-order valence-corrected chi connectivity index (χ2v) is 5.92. The summed E-state index contributed by atoms with van der Waals surface area (Å²) in [5.74, 6) is -0.282. The minimum Gasteiger partial charge on any atom is -0.346 e. The summed E-state index contributed by atoms with van der Waals surface area (Å²) in [4.78, 5) is 44.1. The van der Waals surface area contributed by atoms with Gasteiger partial charge in [-0.05, 0) is 24.5 Å². The second kappa shape index (κ2) is 6.36. The molecular formula is C15H15N5O3S. The highest BCUT2D eigenvalue weighted by molar-refractivity contribution is 7.98. The van der Waals surface area contributed by atoms with Crippen LogP contribution < -0.4 is 16.4 Å². The molecule has 0 saturated carbocycles. The number of aromatic nitrogens is 4. The van der Waals surface area contributed by atoms with Gasteiger partial charge in [-0.1, -0.05) is 11.8 Å². The third-order valence-corrected chi connectivity index (χ3v) is 4.38. The first-order valence-electron chi connectivity index (χ1n) is 7.08. The number of carbonyl (C=O) groups excluding carboxylic acids is 1. The zero-order chi connectivity index (χ0) is 17.3. The van der Waals surface area contributed by atoms with Gasteiger partial charge in [-0.3, -0.25) is 14.4 Å². The van der Waals surface area contributed by atoms with Gasteiger partial charge in [0.1, 0.15) is 0 Å². The van der Waals surface area contributed by atoms with E-state index in [4.69, 9.17) is 0 Å². The Labute approximate surface area is 140 Å². The van der Waals surface area contributed by atoms with Crippen LogP contribution in [-0.4, -0.2) is 31.7 Å². The molecule has 0 spiro atoms. The fraction of sp³-hybridized carbons (Fsp3) is 0.200. The fourth-order valence-electron chi connectivity index (χ4n) is 2.31. The summed E-state index contributed by atoms with van der Waals surface area (Å²) in [6.07, 6.45) is 3.65. The highest BCUT2D eigenvalue weighted by Gasteiger charge is 2.10. The minimum absolute atomic E-state index is 0.282. The van der Waals surface area contributed by atoms with E-state index in [1.165, 1.54) is 17.8 Å². The van der Waals surface area contributed by atoms with Gasteiger partial charge in [-0.15, -0.1) is 0 Å². The van der Waals surface area contributed by atoms with Gasteiger partial charge >= 0.3 is 11.1 Å². The minimum atomic E-state index is -0.750. The van der Waals surface area contributed by atoms with Crippen molar-refractivity contribution in [1.82, 2.24) is 24.8 Å². The maximum atomic E-state index is 12.3. The van der Waals surface area contributed by atoms with Crippen LogP contribution in [0.3, 0.4) is 0 Å². The maximum Gasteiger partial charge on any atom is 0.314 e. The zero-order valence-electron chi connectivity index (χ0n) is 13.0. The van der Waals surface area contributed by atoms with Gasteiger partial charge in [0.05, 0.1) is 29.5 Å². The first-order valence-corrected chi connectivity index (χ1v) is 8.31. The smallest absolute Gasteiger partial charge is 0.314 e. The summed E-state index contributed by atoms with van der Waals surface area (Å²) in [6.45, 7) is 0.336. The van der Waals surface area contributed by atoms with Crippen LogP contribution in [0.15, 0.2) is 39.1 Å². The first-order chi connectivity index (χ1) is 11.5. The van der Waals surface area contributed by atoms with Crippen LogP contribution in [0.2, 0.25) is 0 Å². The van der Waals surface area contributed by atoms with Crippen LogP contribution in [0.1, 0.15) is 16.1 Å². The maximum absolute atomic E-state index is 12.3. The summed E-state index contributed by atoms with van der Waals surface area (Å²) >= 11 is 1.53. The number of thioether (sulfide) groups is 1. The van der Waals surface area contributed by atoms with Crippen molar-refractivity contribution in [2.24, 2.45) is 7.05 Å². The molecule has 0 fully saturated rings. The van der Waals surface area contributed by atoms with Gasteiger partial charge < -0.3 is 19.9 Å². The molecule has 0 aliphatic rings. The van der Waals surface area contributed by atoms with E-state index in [1.807, 2.05) is 17.9 Å². The summed E-state index contributed by atoms with van der Waals surface area (Å²) in [5, 5.41) is 3.68. The SMILES string of the molecule is CSc1ncc(CNC(=O)c2ccc3[nH]c(=O)c(=O)[nH]c3c2)n1C. The molecule has 3 aromatic rings. The monoisotopic (exact) mass is 345 g/mol. The van der Waals surface area contributed by atoms with E-state index in [9.17, 15) is 14.4 Å². The number of fused-ring (bicyclic) bond motifs is 1. The van der Waals surface area contributed by atoms with E-state index >= 15 is 0 Å². The molecule has 1 aromatic carbocycles. The van der Waals surface area contributed by atoms with E-state index in [0.717, 1.165) is 10.9 Å². The number of aromatic amines is 2. The predicted molar refractivity (Wildman–Crippen MR) is 91.3 cm³/mol. The van der Waals surface area contributed by atoms with Crippen molar-refractivity contribution < 1.29 is 4.79 Å². The molecule has 2 aromatic heterocycles. The summed E-state index contributed by atoms with van der Waals surface area (Å²) in [5.41, 5.74) is 0.661. The quantitative estimate of drug-likeness (QED) is 0.473. The summed E-state index contributed by atoms with van der Waals surface area (Å²) in [6, 6.07) is 4.69. The average Bonchev–Trinajstić information content (AvgIpc) is 2.93. The molecule has 0 radical (unpaired) electrons. The largest absolute Gasteiger partial charge is 0.346 e. The number of amides is 1. The van der Waals surface area contributed by atoms with Crippen LogP contribution in [0.5, 0.6) is 0 Å². The Balaban J connectivity index is 1.80. The van der Waals surface area contributed by atoms with Crippen molar-refractivity contribution in [2.45, 2.75) is 11.7 Å². The summed E-state index contributed by atoms with van der Waals surface area (Å²) < 4.78 is 1.91. The van der Waals surface area contributed by atoms with Crippen LogP contribution in [-0.2, 0) is 13.6 Å². The van der Waals surface area contributed by atoms with Crippen LogP contribution in [0.4, 0.5) is 0 Å². The molecular weight excluding hydrogens is 330 g/mol. The number of rotatable bonds is 4. The molecule has 8 nitrogen and oxygen atoms in total. The number of nitrogens with one attached hydrogen (secondary N) is 3. The lowest BCUT2D eigenvalue weighted by atomic mass is 10.2. The zero-order valence-corrected chi connectivity index (χ0v) is 13.9. The molecule has 0 bridgehead atoms. The molecule has 0 saturated heterocycles. The molecule has 3 rings (SSSR count). The molecule has 0 aliphatic heterocycles. The number of H-pyrrole nitrogens is 2. The number of hydrogen-bond donors (Lipinski definition) is 3. The Kier molecular flexibility index (Phi) is 4.26. The summed E-state index contributed by atoms with van der Waals surface area (Å²) in [7, 11) is 1.89. The lowest BCUT2D eigenvalue weighted by Gasteiger charge is -2.07. The Morgan fingerprint density at radius 3 is 2.62 bits per heavy atom. The molecule has 1 amide bonds. The third-order valence-electron chi connectivity index (χ3n) is 3.64. The molecule has 9 heteroatoms. The van der Waals surface area contributed by atoms with Gasteiger partial charge in [-0.2, -0.15) is 0 Å². The van der Waals surface area contributed by atoms with Crippen molar-refractivity contribution in [3.63, 3.8) is 0 Å². The van der Waals surface area contributed by atoms with Gasteiger partial charge in [0.25, 0.3) is 5.91 Å². The Morgan fingerprint density at radius 1 is 1.25 bits per heavy atom.